The molecule has 1 atom stereocenters. The van der Waals surface area contributed by atoms with Crippen molar-refractivity contribution in [2.24, 2.45) is 17.6 Å². The molecule has 0 bridgehead atoms. The quantitative estimate of drug-likeness (QED) is 0.853. The molecule has 0 aromatic heterocycles. The van der Waals surface area contributed by atoms with Gasteiger partial charge in [-0.2, -0.15) is 0 Å². The van der Waals surface area contributed by atoms with Crippen LogP contribution in [-0.4, -0.2) is 6.61 Å². The maximum atomic E-state index is 13.5. The van der Waals surface area contributed by atoms with Gasteiger partial charge in [0.15, 0.2) is 11.6 Å². The highest BCUT2D eigenvalue weighted by atomic mass is 19.1. The Bertz CT molecular complexity index is 388. The van der Waals surface area contributed by atoms with Gasteiger partial charge in [0, 0.05) is 6.04 Å². The van der Waals surface area contributed by atoms with Crippen molar-refractivity contribution in [2.75, 3.05) is 6.61 Å². The fraction of sp³-hybridized carbons (Fsp3) is 0.571. The molecule has 0 radical (unpaired) electrons. The summed E-state index contributed by atoms with van der Waals surface area (Å²) in [5.41, 5.74) is 6.98. The van der Waals surface area contributed by atoms with Crippen molar-refractivity contribution in [2.45, 2.75) is 32.7 Å². The average molecular weight is 237 g/mol. The molecule has 0 spiro atoms. The molecule has 1 aliphatic carbocycles. The zero-order chi connectivity index (χ0) is 12.4. The van der Waals surface area contributed by atoms with E-state index in [4.69, 9.17) is 10.5 Å². The second-order valence-electron chi connectivity index (χ2n) is 5.21. The van der Waals surface area contributed by atoms with Crippen LogP contribution in [-0.2, 0) is 0 Å². The smallest absolute Gasteiger partial charge is 0.165 e. The largest absolute Gasteiger partial charge is 0.490 e. The van der Waals surface area contributed by atoms with Gasteiger partial charge in [-0.25, -0.2) is 4.39 Å². The van der Waals surface area contributed by atoms with Crippen LogP contribution in [0.4, 0.5) is 4.39 Å². The predicted octanol–water partition coefficient (Wildman–Crippen LogP) is 3.27. The topological polar surface area (TPSA) is 35.2 Å². The van der Waals surface area contributed by atoms with Gasteiger partial charge in [0.2, 0.25) is 0 Å². The molecule has 0 amide bonds. The zero-order valence-corrected chi connectivity index (χ0v) is 10.4. The maximum absolute atomic E-state index is 13.5. The standard InChI is InChI=1S/C14H20FNO/c1-9(2)14(16)11-5-6-12(15)13(7-11)17-8-10-3-4-10/h5-7,9-10,14H,3-4,8,16H2,1-2H3/t14-/m0/s1. The summed E-state index contributed by atoms with van der Waals surface area (Å²) in [6, 6.07) is 4.85. The SMILES string of the molecule is CC(C)[C@H](N)c1ccc(F)c(OCC2CC2)c1. The first-order valence-electron chi connectivity index (χ1n) is 6.25. The van der Waals surface area contributed by atoms with Gasteiger partial charge >= 0.3 is 0 Å². The molecular weight excluding hydrogens is 217 g/mol. The summed E-state index contributed by atoms with van der Waals surface area (Å²) in [4.78, 5) is 0. The molecule has 0 heterocycles. The molecule has 17 heavy (non-hydrogen) atoms. The molecule has 2 rings (SSSR count). The first-order valence-corrected chi connectivity index (χ1v) is 6.25. The van der Waals surface area contributed by atoms with Crippen LogP contribution in [0.5, 0.6) is 5.75 Å². The van der Waals surface area contributed by atoms with E-state index in [1.807, 2.05) is 0 Å². The number of rotatable bonds is 5. The van der Waals surface area contributed by atoms with Gasteiger partial charge in [0.25, 0.3) is 0 Å². The van der Waals surface area contributed by atoms with Gasteiger partial charge < -0.3 is 10.5 Å². The Balaban J connectivity index is 2.09. The molecule has 0 saturated heterocycles. The molecule has 94 valence electrons. The first-order chi connectivity index (χ1) is 8.08. The van der Waals surface area contributed by atoms with Crippen LogP contribution >= 0.6 is 0 Å². The molecule has 1 aliphatic rings. The second kappa shape index (κ2) is 5.05. The normalized spacial score (nSPS) is 17.2. The minimum absolute atomic E-state index is 0.0705. The van der Waals surface area contributed by atoms with E-state index < -0.39 is 0 Å². The summed E-state index contributed by atoms with van der Waals surface area (Å²) in [7, 11) is 0. The van der Waals surface area contributed by atoms with E-state index in [0.717, 1.165) is 5.56 Å². The molecule has 1 aromatic rings. The van der Waals surface area contributed by atoms with E-state index in [-0.39, 0.29) is 11.9 Å². The Labute approximate surface area is 102 Å². The highest BCUT2D eigenvalue weighted by Gasteiger charge is 2.22. The van der Waals surface area contributed by atoms with Crippen LogP contribution in [0.2, 0.25) is 0 Å². The lowest BCUT2D eigenvalue weighted by atomic mass is 9.97. The molecule has 2 nitrogen and oxygen atoms in total. The van der Waals surface area contributed by atoms with Crippen LogP contribution in [0.1, 0.15) is 38.3 Å². The molecule has 1 fully saturated rings. The Morgan fingerprint density at radius 1 is 1.41 bits per heavy atom. The Kier molecular flexibility index (Phi) is 3.67. The molecule has 1 aromatic carbocycles. The summed E-state index contributed by atoms with van der Waals surface area (Å²) in [6.07, 6.45) is 2.40. The Morgan fingerprint density at radius 3 is 2.71 bits per heavy atom. The van der Waals surface area contributed by atoms with E-state index in [9.17, 15) is 4.39 Å². The van der Waals surface area contributed by atoms with E-state index in [2.05, 4.69) is 13.8 Å². The van der Waals surface area contributed by atoms with Crippen molar-refractivity contribution in [3.63, 3.8) is 0 Å². The summed E-state index contributed by atoms with van der Waals surface area (Å²) >= 11 is 0. The van der Waals surface area contributed by atoms with Crippen molar-refractivity contribution >= 4 is 0 Å². The van der Waals surface area contributed by atoms with Crippen molar-refractivity contribution in [1.82, 2.24) is 0 Å². The summed E-state index contributed by atoms with van der Waals surface area (Å²) in [6.45, 7) is 4.73. The molecule has 0 aliphatic heterocycles. The fourth-order valence-corrected chi connectivity index (χ4v) is 1.71. The monoisotopic (exact) mass is 237 g/mol. The third kappa shape index (κ3) is 3.19. The lowest BCUT2D eigenvalue weighted by Gasteiger charge is -2.17. The van der Waals surface area contributed by atoms with Crippen LogP contribution in [0.25, 0.3) is 0 Å². The molecule has 1 saturated carbocycles. The minimum atomic E-state index is -0.301. The Hall–Kier alpha value is -1.09. The lowest BCUT2D eigenvalue weighted by Crippen LogP contribution is -2.17. The van der Waals surface area contributed by atoms with Crippen LogP contribution in [0.15, 0.2) is 18.2 Å². The van der Waals surface area contributed by atoms with Crippen molar-refractivity contribution in [3.05, 3.63) is 29.6 Å². The van der Waals surface area contributed by atoms with E-state index >= 15 is 0 Å². The van der Waals surface area contributed by atoms with Crippen molar-refractivity contribution < 1.29 is 9.13 Å². The maximum Gasteiger partial charge on any atom is 0.165 e. The summed E-state index contributed by atoms with van der Waals surface area (Å²) in [5.74, 6) is 0.990. The van der Waals surface area contributed by atoms with Gasteiger partial charge in [0.1, 0.15) is 0 Å². The van der Waals surface area contributed by atoms with Gasteiger partial charge in [-0.1, -0.05) is 19.9 Å². The third-order valence-corrected chi connectivity index (χ3v) is 3.23. The number of halogens is 1. The van der Waals surface area contributed by atoms with E-state index in [0.29, 0.717) is 24.2 Å². The van der Waals surface area contributed by atoms with E-state index in [1.165, 1.54) is 18.9 Å². The number of nitrogens with two attached hydrogens (primary N) is 1. The molecule has 3 heteroatoms. The van der Waals surface area contributed by atoms with Crippen LogP contribution in [0.3, 0.4) is 0 Å². The first kappa shape index (κ1) is 12.4. The van der Waals surface area contributed by atoms with Gasteiger partial charge in [0.05, 0.1) is 6.61 Å². The van der Waals surface area contributed by atoms with Crippen molar-refractivity contribution in [1.29, 1.82) is 0 Å². The summed E-state index contributed by atoms with van der Waals surface area (Å²) < 4.78 is 19.0. The third-order valence-electron chi connectivity index (χ3n) is 3.23. The molecule has 2 N–H and O–H groups in total. The van der Waals surface area contributed by atoms with Crippen LogP contribution < -0.4 is 10.5 Å². The Morgan fingerprint density at radius 2 is 2.12 bits per heavy atom. The van der Waals surface area contributed by atoms with Gasteiger partial charge in [-0.3, -0.25) is 0 Å². The molecule has 0 unspecified atom stereocenters. The van der Waals surface area contributed by atoms with E-state index in [1.54, 1.807) is 12.1 Å². The second-order valence-corrected chi connectivity index (χ2v) is 5.21. The predicted molar refractivity (Wildman–Crippen MR) is 66.4 cm³/mol. The molecular formula is C14H20FNO. The highest BCUT2D eigenvalue weighted by molar-refractivity contribution is 5.32. The average Bonchev–Trinajstić information content (AvgIpc) is 3.11. The zero-order valence-electron chi connectivity index (χ0n) is 10.4. The fourth-order valence-electron chi connectivity index (χ4n) is 1.71. The summed E-state index contributed by atoms with van der Waals surface area (Å²) in [5, 5.41) is 0. The lowest BCUT2D eigenvalue weighted by molar-refractivity contribution is 0.284. The number of hydrogen-bond acceptors (Lipinski definition) is 2. The highest BCUT2D eigenvalue weighted by Crippen LogP contribution is 2.31. The van der Waals surface area contributed by atoms with Gasteiger partial charge in [-0.05, 0) is 42.4 Å². The minimum Gasteiger partial charge on any atom is -0.490 e. The van der Waals surface area contributed by atoms with Crippen molar-refractivity contribution in [3.8, 4) is 5.75 Å². The number of ether oxygens (including phenoxy) is 1. The van der Waals surface area contributed by atoms with Crippen LogP contribution in [0, 0.1) is 17.7 Å². The van der Waals surface area contributed by atoms with Gasteiger partial charge in [-0.15, -0.1) is 0 Å². The number of benzene rings is 1. The number of hydrogen-bond donors (Lipinski definition) is 1.